The van der Waals surface area contributed by atoms with E-state index in [1.54, 1.807) is 19.2 Å². The number of hydrogen-bond donors (Lipinski definition) is 0. The van der Waals surface area contributed by atoms with Gasteiger partial charge in [0.05, 0.1) is 12.8 Å². The lowest BCUT2D eigenvalue weighted by molar-refractivity contribution is 0.392. The van der Waals surface area contributed by atoms with Gasteiger partial charge in [-0.15, -0.1) is 10.2 Å². The Morgan fingerprint density at radius 3 is 3.00 bits per heavy atom. The van der Waals surface area contributed by atoms with Crippen molar-refractivity contribution in [3.63, 3.8) is 0 Å². The topological polar surface area (TPSA) is 83.8 Å². The Morgan fingerprint density at radius 2 is 2.40 bits per heavy atom. The van der Waals surface area contributed by atoms with Crippen LogP contribution < -0.4 is 4.74 Å². The summed E-state index contributed by atoms with van der Waals surface area (Å²) in [6, 6.07) is 3.54. The van der Waals surface area contributed by atoms with Gasteiger partial charge >= 0.3 is 0 Å². The first-order valence-electron chi connectivity index (χ1n) is 4.42. The molecule has 1 aromatic rings. The van der Waals surface area contributed by atoms with Gasteiger partial charge in [-0.2, -0.15) is 0 Å². The predicted octanol–water partition coefficient (Wildman–Crippen LogP) is 2.20. The van der Waals surface area contributed by atoms with Crippen molar-refractivity contribution in [1.82, 2.24) is 10.2 Å². The van der Waals surface area contributed by atoms with E-state index in [1.807, 2.05) is 12.2 Å². The van der Waals surface area contributed by atoms with E-state index in [4.69, 9.17) is 10.3 Å². The maximum absolute atomic E-state index is 8.04. The normalized spacial score (nSPS) is 9.93. The average Bonchev–Trinajstić information content (AvgIpc) is 2.30. The minimum absolute atomic E-state index is 0.455. The van der Waals surface area contributed by atoms with E-state index in [0.29, 0.717) is 18.8 Å². The zero-order valence-electron chi connectivity index (χ0n) is 8.37. The van der Waals surface area contributed by atoms with Gasteiger partial charge in [-0.25, -0.2) is 0 Å². The first-order chi connectivity index (χ1) is 7.36. The van der Waals surface area contributed by atoms with Crippen molar-refractivity contribution in [2.75, 3.05) is 13.7 Å². The van der Waals surface area contributed by atoms with Crippen LogP contribution in [0.1, 0.15) is 12.1 Å². The summed E-state index contributed by atoms with van der Waals surface area (Å²) in [5.74, 6) is 0.487. The van der Waals surface area contributed by atoms with Crippen LogP contribution in [0.2, 0.25) is 0 Å². The summed E-state index contributed by atoms with van der Waals surface area (Å²) in [4.78, 5) is 2.65. The fraction of sp³-hybridized carbons (Fsp3) is 0.333. The Balaban J connectivity index is 2.46. The van der Waals surface area contributed by atoms with Crippen LogP contribution in [0.4, 0.5) is 0 Å². The summed E-state index contributed by atoms with van der Waals surface area (Å²) in [6.45, 7) is 0.455. The van der Waals surface area contributed by atoms with Gasteiger partial charge in [0.2, 0.25) is 5.88 Å². The Bertz CT molecular complexity index is 367. The molecule has 78 valence electrons. The first-order valence-corrected chi connectivity index (χ1v) is 4.42. The van der Waals surface area contributed by atoms with Crippen LogP contribution >= 0.6 is 0 Å². The van der Waals surface area contributed by atoms with Crippen LogP contribution in [0.3, 0.4) is 0 Å². The third-order valence-electron chi connectivity index (χ3n) is 1.62. The second-order valence-corrected chi connectivity index (χ2v) is 2.65. The van der Waals surface area contributed by atoms with E-state index < -0.39 is 0 Å². The molecule has 15 heavy (non-hydrogen) atoms. The average molecular weight is 205 g/mol. The molecule has 0 saturated heterocycles. The molecule has 0 N–H and O–H groups in total. The summed E-state index contributed by atoms with van der Waals surface area (Å²) in [5, 5.41) is 11.1. The van der Waals surface area contributed by atoms with E-state index in [1.165, 1.54) is 0 Å². The molecule has 0 radical (unpaired) electrons. The number of nitrogens with zero attached hydrogens (tertiary/aromatic N) is 5. The molecular weight excluding hydrogens is 194 g/mol. The molecule has 0 saturated carbocycles. The van der Waals surface area contributed by atoms with Crippen molar-refractivity contribution in [3.8, 4) is 5.88 Å². The number of rotatable bonds is 5. The smallest absolute Gasteiger partial charge is 0.233 e. The Morgan fingerprint density at radius 1 is 1.53 bits per heavy atom. The lowest BCUT2D eigenvalue weighted by Crippen LogP contribution is -1.91. The van der Waals surface area contributed by atoms with Gasteiger partial charge in [0, 0.05) is 17.5 Å². The molecule has 0 atom stereocenters. The van der Waals surface area contributed by atoms with E-state index in [0.717, 1.165) is 5.69 Å². The summed E-state index contributed by atoms with van der Waals surface area (Å²) < 4.78 is 4.87. The third-order valence-corrected chi connectivity index (χ3v) is 1.62. The second-order valence-electron chi connectivity index (χ2n) is 2.65. The molecule has 0 amide bonds. The van der Waals surface area contributed by atoms with Crippen LogP contribution in [0, 0.1) is 0 Å². The molecule has 6 heteroatoms. The molecule has 0 aliphatic carbocycles. The molecular formula is C9H11N5O. The lowest BCUT2D eigenvalue weighted by Gasteiger charge is -1.96. The summed E-state index contributed by atoms with van der Waals surface area (Å²) in [5.41, 5.74) is 8.79. The maximum atomic E-state index is 8.04. The van der Waals surface area contributed by atoms with E-state index in [-0.39, 0.29) is 0 Å². The monoisotopic (exact) mass is 205 g/mol. The van der Waals surface area contributed by atoms with Crippen LogP contribution in [-0.2, 0) is 0 Å². The first kappa shape index (κ1) is 11.0. The highest BCUT2D eigenvalue weighted by atomic mass is 16.5. The molecule has 1 rings (SSSR count). The lowest BCUT2D eigenvalue weighted by atomic mass is 10.3. The molecule has 0 spiro atoms. The molecule has 0 aromatic carbocycles. The fourth-order valence-corrected chi connectivity index (χ4v) is 0.909. The van der Waals surface area contributed by atoms with Gasteiger partial charge in [-0.05, 0) is 24.1 Å². The SMILES string of the molecule is COc1ccc(C=CCCN=[N+]=[N-])nn1. The molecule has 1 heterocycles. The van der Waals surface area contributed by atoms with Crippen LogP contribution in [-0.4, -0.2) is 23.9 Å². The highest BCUT2D eigenvalue weighted by Gasteiger charge is 1.92. The molecule has 0 aliphatic rings. The van der Waals surface area contributed by atoms with Gasteiger partial charge < -0.3 is 4.74 Å². The number of hydrogen-bond acceptors (Lipinski definition) is 4. The minimum Gasteiger partial charge on any atom is -0.480 e. The molecule has 0 unspecified atom stereocenters. The standard InChI is InChI=1S/C9H11N5O/c1-15-9-6-5-8(12-13-9)4-2-3-7-11-14-10/h2,4-6H,3,7H2,1H3. The van der Waals surface area contributed by atoms with Crippen molar-refractivity contribution < 1.29 is 4.74 Å². The third kappa shape index (κ3) is 4.10. The van der Waals surface area contributed by atoms with Crippen molar-refractivity contribution in [1.29, 1.82) is 0 Å². The number of azide groups is 1. The van der Waals surface area contributed by atoms with Crippen molar-refractivity contribution in [2.45, 2.75) is 6.42 Å². The predicted molar refractivity (Wildman–Crippen MR) is 56.2 cm³/mol. The molecule has 0 aliphatic heterocycles. The van der Waals surface area contributed by atoms with Crippen LogP contribution in [0.5, 0.6) is 5.88 Å². The van der Waals surface area contributed by atoms with Crippen LogP contribution in [0.15, 0.2) is 23.3 Å². The molecule has 1 aromatic heterocycles. The molecule has 0 fully saturated rings. The Labute approximate surface area is 87.2 Å². The summed E-state index contributed by atoms with van der Waals surface area (Å²) in [7, 11) is 1.54. The fourth-order valence-electron chi connectivity index (χ4n) is 0.909. The van der Waals surface area contributed by atoms with Gasteiger partial charge in [0.25, 0.3) is 0 Å². The number of ether oxygens (including phenoxy) is 1. The maximum Gasteiger partial charge on any atom is 0.233 e. The van der Waals surface area contributed by atoms with E-state index >= 15 is 0 Å². The zero-order chi connectivity index (χ0) is 10.9. The van der Waals surface area contributed by atoms with E-state index in [9.17, 15) is 0 Å². The van der Waals surface area contributed by atoms with Gasteiger partial charge in [-0.1, -0.05) is 11.2 Å². The quantitative estimate of drug-likeness (QED) is 0.319. The summed E-state index contributed by atoms with van der Waals surface area (Å²) >= 11 is 0. The molecule has 0 bridgehead atoms. The van der Waals surface area contributed by atoms with Crippen LogP contribution in [0.25, 0.3) is 16.5 Å². The van der Waals surface area contributed by atoms with Crippen molar-refractivity contribution >= 4 is 6.08 Å². The Hall–Kier alpha value is -2.07. The highest BCUT2D eigenvalue weighted by molar-refractivity contribution is 5.43. The minimum atomic E-state index is 0.455. The number of methoxy groups -OCH3 is 1. The second kappa shape index (κ2) is 6.39. The zero-order valence-corrected chi connectivity index (χ0v) is 8.37. The molecule has 6 nitrogen and oxygen atoms in total. The van der Waals surface area contributed by atoms with E-state index in [2.05, 4.69) is 20.2 Å². The van der Waals surface area contributed by atoms with Gasteiger partial charge in [0.1, 0.15) is 0 Å². The van der Waals surface area contributed by atoms with Gasteiger partial charge in [-0.3, -0.25) is 0 Å². The largest absolute Gasteiger partial charge is 0.480 e. The summed E-state index contributed by atoms with van der Waals surface area (Å²) in [6.07, 6.45) is 4.39. The van der Waals surface area contributed by atoms with Gasteiger partial charge in [0.15, 0.2) is 0 Å². The van der Waals surface area contributed by atoms with Crippen molar-refractivity contribution in [3.05, 3.63) is 34.3 Å². The Kier molecular flexibility index (Phi) is 4.69. The van der Waals surface area contributed by atoms with Crippen molar-refractivity contribution in [2.24, 2.45) is 5.11 Å². The highest BCUT2D eigenvalue weighted by Crippen LogP contribution is 2.04. The number of aromatic nitrogens is 2.